The molecular formula is C18H20N2O4. The Hall–Kier alpha value is -3.02. The molecule has 2 rings (SSSR count). The van der Waals surface area contributed by atoms with Gasteiger partial charge in [-0.05, 0) is 36.8 Å². The molecule has 2 amide bonds. The van der Waals surface area contributed by atoms with E-state index in [4.69, 9.17) is 9.47 Å². The molecule has 0 atom stereocenters. The standard InChI is InChI=1S/C18H20N2O4/c1-12-5-4-6-13(9-12)19-17(21)11-18(22)20-15-8-7-14(23-2)10-16(15)24-3/h4-10H,11H2,1-3H3,(H,19,21)(H,20,22). The van der Waals surface area contributed by atoms with Crippen molar-refractivity contribution in [2.24, 2.45) is 0 Å². The molecule has 6 heteroatoms. The maximum Gasteiger partial charge on any atom is 0.233 e. The minimum atomic E-state index is -0.427. The molecule has 2 aromatic carbocycles. The molecule has 0 spiro atoms. The smallest absolute Gasteiger partial charge is 0.233 e. The number of amides is 2. The first-order valence-corrected chi connectivity index (χ1v) is 7.40. The van der Waals surface area contributed by atoms with Crippen molar-refractivity contribution in [3.8, 4) is 11.5 Å². The molecule has 0 bridgehead atoms. The van der Waals surface area contributed by atoms with Gasteiger partial charge in [0.2, 0.25) is 11.8 Å². The first-order valence-electron chi connectivity index (χ1n) is 7.40. The number of nitrogens with one attached hydrogen (secondary N) is 2. The zero-order chi connectivity index (χ0) is 17.5. The maximum atomic E-state index is 12.0. The van der Waals surface area contributed by atoms with E-state index in [2.05, 4.69) is 10.6 Å². The lowest BCUT2D eigenvalue weighted by Gasteiger charge is -2.11. The molecule has 2 aromatic rings. The summed E-state index contributed by atoms with van der Waals surface area (Å²) in [5, 5.41) is 5.36. The number of benzene rings is 2. The van der Waals surface area contributed by atoms with Gasteiger partial charge in [0.15, 0.2) is 0 Å². The van der Waals surface area contributed by atoms with Gasteiger partial charge >= 0.3 is 0 Å². The maximum absolute atomic E-state index is 12.0. The van der Waals surface area contributed by atoms with Gasteiger partial charge in [-0.25, -0.2) is 0 Å². The van der Waals surface area contributed by atoms with Crippen molar-refractivity contribution in [2.75, 3.05) is 24.9 Å². The summed E-state index contributed by atoms with van der Waals surface area (Å²) < 4.78 is 10.3. The highest BCUT2D eigenvalue weighted by atomic mass is 16.5. The minimum absolute atomic E-state index is 0.289. The van der Waals surface area contributed by atoms with Gasteiger partial charge in [-0.3, -0.25) is 9.59 Å². The van der Waals surface area contributed by atoms with Crippen LogP contribution in [0.2, 0.25) is 0 Å². The molecule has 126 valence electrons. The SMILES string of the molecule is COc1ccc(NC(=O)CC(=O)Nc2cccc(C)c2)c(OC)c1. The Bertz CT molecular complexity index is 744. The summed E-state index contributed by atoms with van der Waals surface area (Å²) in [6.45, 7) is 1.93. The number of aryl methyl sites for hydroxylation is 1. The van der Waals surface area contributed by atoms with E-state index in [1.54, 1.807) is 31.4 Å². The largest absolute Gasteiger partial charge is 0.497 e. The third-order valence-electron chi connectivity index (χ3n) is 3.31. The summed E-state index contributed by atoms with van der Waals surface area (Å²) in [6.07, 6.45) is -0.289. The van der Waals surface area contributed by atoms with Crippen LogP contribution in [0.5, 0.6) is 11.5 Å². The van der Waals surface area contributed by atoms with E-state index in [-0.39, 0.29) is 12.3 Å². The zero-order valence-corrected chi connectivity index (χ0v) is 13.9. The fourth-order valence-electron chi connectivity index (χ4n) is 2.17. The molecule has 0 heterocycles. The molecular weight excluding hydrogens is 308 g/mol. The number of hydrogen-bond acceptors (Lipinski definition) is 4. The second-order valence-electron chi connectivity index (χ2n) is 5.21. The van der Waals surface area contributed by atoms with Crippen LogP contribution in [0.1, 0.15) is 12.0 Å². The number of rotatable bonds is 6. The Balaban J connectivity index is 1.96. The second kappa shape index (κ2) is 8.01. The van der Waals surface area contributed by atoms with Crippen molar-refractivity contribution in [1.29, 1.82) is 0 Å². The fourth-order valence-corrected chi connectivity index (χ4v) is 2.17. The first kappa shape index (κ1) is 17.3. The normalized spacial score (nSPS) is 9.96. The van der Waals surface area contributed by atoms with Gasteiger partial charge in [-0.2, -0.15) is 0 Å². The topological polar surface area (TPSA) is 76.7 Å². The van der Waals surface area contributed by atoms with Crippen molar-refractivity contribution in [2.45, 2.75) is 13.3 Å². The van der Waals surface area contributed by atoms with Crippen LogP contribution in [0.15, 0.2) is 42.5 Å². The molecule has 0 radical (unpaired) electrons. The molecule has 0 unspecified atom stereocenters. The monoisotopic (exact) mass is 328 g/mol. The molecule has 0 saturated carbocycles. The number of carbonyl (C=O) groups excluding carboxylic acids is 2. The Morgan fingerprint density at radius 2 is 1.71 bits per heavy atom. The summed E-state index contributed by atoms with van der Waals surface area (Å²) in [4.78, 5) is 24.0. The minimum Gasteiger partial charge on any atom is -0.497 e. The van der Waals surface area contributed by atoms with Gasteiger partial charge in [0.25, 0.3) is 0 Å². The van der Waals surface area contributed by atoms with Gasteiger partial charge in [-0.15, -0.1) is 0 Å². The number of methoxy groups -OCH3 is 2. The molecule has 2 N–H and O–H groups in total. The highest BCUT2D eigenvalue weighted by Crippen LogP contribution is 2.29. The summed E-state index contributed by atoms with van der Waals surface area (Å²) in [5.74, 6) is 0.262. The molecule has 0 fully saturated rings. The van der Waals surface area contributed by atoms with Crippen LogP contribution in [0.4, 0.5) is 11.4 Å². The molecule has 24 heavy (non-hydrogen) atoms. The molecule has 0 saturated heterocycles. The average molecular weight is 328 g/mol. The second-order valence-corrected chi connectivity index (χ2v) is 5.21. The quantitative estimate of drug-likeness (QED) is 0.799. The van der Waals surface area contributed by atoms with Crippen molar-refractivity contribution in [3.05, 3.63) is 48.0 Å². The molecule has 0 aliphatic rings. The van der Waals surface area contributed by atoms with Crippen LogP contribution >= 0.6 is 0 Å². The zero-order valence-electron chi connectivity index (χ0n) is 13.9. The van der Waals surface area contributed by atoms with Gasteiger partial charge in [0.1, 0.15) is 17.9 Å². The highest BCUT2D eigenvalue weighted by Gasteiger charge is 2.13. The van der Waals surface area contributed by atoms with Gasteiger partial charge in [-0.1, -0.05) is 12.1 Å². The van der Waals surface area contributed by atoms with E-state index < -0.39 is 5.91 Å². The van der Waals surface area contributed by atoms with Crippen molar-refractivity contribution < 1.29 is 19.1 Å². The van der Waals surface area contributed by atoms with E-state index in [0.29, 0.717) is 22.9 Å². The Morgan fingerprint density at radius 3 is 2.38 bits per heavy atom. The molecule has 6 nitrogen and oxygen atoms in total. The summed E-state index contributed by atoms with van der Waals surface area (Å²) in [5.41, 5.74) is 2.17. The van der Waals surface area contributed by atoms with Crippen LogP contribution in [-0.2, 0) is 9.59 Å². The molecule has 0 aliphatic carbocycles. The van der Waals surface area contributed by atoms with E-state index >= 15 is 0 Å². The summed E-state index contributed by atoms with van der Waals surface area (Å²) in [7, 11) is 3.04. The van der Waals surface area contributed by atoms with Crippen LogP contribution in [0.25, 0.3) is 0 Å². The molecule has 0 aliphatic heterocycles. The van der Waals surface area contributed by atoms with Crippen molar-refractivity contribution in [3.63, 3.8) is 0 Å². The van der Waals surface area contributed by atoms with Crippen LogP contribution in [0.3, 0.4) is 0 Å². The van der Waals surface area contributed by atoms with E-state index in [9.17, 15) is 9.59 Å². The van der Waals surface area contributed by atoms with Gasteiger partial charge < -0.3 is 20.1 Å². The highest BCUT2D eigenvalue weighted by molar-refractivity contribution is 6.08. The lowest BCUT2D eigenvalue weighted by molar-refractivity contribution is -0.123. The third kappa shape index (κ3) is 4.74. The first-order chi connectivity index (χ1) is 11.5. The third-order valence-corrected chi connectivity index (χ3v) is 3.31. The van der Waals surface area contributed by atoms with E-state index in [0.717, 1.165) is 5.56 Å². The van der Waals surface area contributed by atoms with Gasteiger partial charge in [0, 0.05) is 11.8 Å². The lowest BCUT2D eigenvalue weighted by atomic mass is 10.2. The average Bonchev–Trinajstić information content (AvgIpc) is 2.54. The van der Waals surface area contributed by atoms with Gasteiger partial charge in [0.05, 0.1) is 19.9 Å². The Kier molecular flexibility index (Phi) is 5.78. The Labute approximate surface area is 140 Å². The van der Waals surface area contributed by atoms with Crippen molar-refractivity contribution >= 4 is 23.2 Å². The van der Waals surface area contributed by atoms with Crippen LogP contribution in [-0.4, -0.2) is 26.0 Å². The van der Waals surface area contributed by atoms with Crippen molar-refractivity contribution in [1.82, 2.24) is 0 Å². The summed E-state index contributed by atoms with van der Waals surface area (Å²) in [6, 6.07) is 12.4. The van der Waals surface area contributed by atoms with Crippen LogP contribution < -0.4 is 20.1 Å². The van der Waals surface area contributed by atoms with Crippen LogP contribution in [0, 0.1) is 6.92 Å². The number of anilines is 2. The number of carbonyl (C=O) groups is 2. The predicted octanol–water partition coefficient (Wildman–Crippen LogP) is 2.98. The number of hydrogen-bond donors (Lipinski definition) is 2. The number of ether oxygens (including phenoxy) is 2. The fraction of sp³-hybridized carbons (Fsp3) is 0.222. The Morgan fingerprint density at radius 1 is 0.958 bits per heavy atom. The molecule has 0 aromatic heterocycles. The lowest BCUT2D eigenvalue weighted by Crippen LogP contribution is -2.21. The predicted molar refractivity (Wildman–Crippen MR) is 92.6 cm³/mol. The van der Waals surface area contributed by atoms with E-state index in [1.807, 2.05) is 25.1 Å². The summed E-state index contributed by atoms with van der Waals surface area (Å²) >= 11 is 0. The van der Waals surface area contributed by atoms with E-state index in [1.165, 1.54) is 7.11 Å².